The largest absolute Gasteiger partial charge is 0.490 e. The number of hydrogen-bond acceptors (Lipinski definition) is 4. The number of halogens is 3. The lowest BCUT2D eigenvalue weighted by Gasteiger charge is -2.18. The minimum Gasteiger partial charge on any atom is -0.490 e. The summed E-state index contributed by atoms with van der Waals surface area (Å²) < 4.78 is 7.86. The molecule has 8 heteroatoms. The number of benzene rings is 3. The maximum atomic E-state index is 9.53. The Morgan fingerprint density at radius 1 is 0.882 bits per heavy atom. The second-order valence-electron chi connectivity index (χ2n) is 7.50. The van der Waals surface area contributed by atoms with Gasteiger partial charge in [0, 0.05) is 15.6 Å². The van der Waals surface area contributed by atoms with Crippen LogP contribution in [0.3, 0.4) is 0 Å². The zero-order chi connectivity index (χ0) is 23.7. The van der Waals surface area contributed by atoms with Gasteiger partial charge in [0.2, 0.25) is 0 Å². The van der Waals surface area contributed by atoms with Gasteiger partial charge >= 0.3 is 0 Å². The smallest absolute Gasteiger partial charge is 0.167 e. The molecule has 5 rings (SSSR count). The average molecular weight is 511 g/mol. The van der Waals surface area contributed by atoms with Crippen molar-refractivity contribution in [1.29, 1.82) is 0 Å². The van der Waals surface area contributed by atoms with Gasteiger partial charge in [0.05, 0.1) is 40.2 Å². The van der Waals surface area contributed by atoms with Crippen molar-refractivity contribution in [2.45, 2.75) is 0 Å². The lowest BCUT2D eigenvalue weighted by atomic mass is 9.97. The molecule has 0 fully saturated rings. The molecular formula is C26H18Cl3N3O2. The minimum absolute atomic E-state index is 0.101. The molecule has 3 aromatic carbocycles. The molecule has 0 saturated carbocycles. The second-order valence-corrected chi connectivity index (χ2v) is 8.78. The summed E-state index contributed by atoms with van der Waals surface area (Å²) in [4.78, 5) is 5.04. The van der Waals surface area contributed by atoms with Crippen molar-refractivity contribution in [3.63, 3.8) is 0 Å². The van der Waals surface area contributed by atoms with Crippen molar-refractivity contribution in [2.75, 3.05) is 13.2 Å². The van der Waals surface area contributed by atoms with Gasteiger partial charge in [0.15, 0.2) is 5.65 Å². The number of aromatic nitrogens is 3. The van der Waals surface area contributed by atoms with E-state index in [-0.39, 0.29) is 13.2 Å². The Morgan fingerprint density at radius 3 is 2.32 bits per heavy atom. The first kappa shape index (κ1) is 22.7. The number of ether oxygens (including phenoxy) is 1. The van der Waals surface area contributed by atoms with E-state index in [1.807, 2.05) is 48.5 Å². The zero-order valence-corrected chi connectivity index (χ0v) is 20.0. The molecule has 0 spiro atoms. The summed E-state index contributed by atoms with van der Waals surface area (Å²) in [6.45, 7) is -0.0439. The Balaban J connectivity index is 1.88. The van der Waals surface area contributed by atoms with Gasteiger partial charge in [-0.05, 0) is 48.0 Å². The van der Waals surface area contributed by atoms with Gasteiger partial charge in [-0.25, -0.2) is 9.67 Å². The van der Waals surface area contributed by atoms with Crippen molar-refractivity contribution in [3.8, 4) is 33.8 Å². The van der Waals surface area contributed by atoms with Crippen LogP contribution in [0.4, 0.5) is 0 Å². The third kappa shape index (κ3) is 4.24. The zero-order valence-electron chi connectivity index (χ0n) is 17.8. The van der Waals surface area contributed by atoms with Crippen LogP contribution in [0.1, 0.15) is 0 Å². The first-order chi connectivity index (χ1) is 16.6. The lowest BCUT2D eigenvalue weighted by molar-refractivity contribution is 0.203. The first-order valence-electron chi connectivity index (χ1n) is 10.5. The van der Waals surface area contributed by atoms with Gasteiger partial charge in [0.1, 0.15) is 12.4 Å². The topological polar surface area (TPSA) is 60.2 Å². The molecule has 1 N–H and O–H groups in total. The van der Waals surface area contributed by atoms with Crippen molar-refractivity contribution in [2.24, 2.45) is 0 Å². The molecule has 2 heterocycles. The summed E-state index contributed by atoms with van der Waals surface area (Å²) in [7, 11) is 0. The van der Waals surface area contributed by atoms with Crippen LogP contribution in [0, 0.1) is 0 Å². The second kappa shape index (κ2) is 9.65. The van der Waals surface area contributed by atoms with Gasteiger partial charge in [-0.15, -0.1) is 0 Å². The minimum atomic E-state index is -0.145. The summed E-state index contributed by atoms with van der Waals surface area (Å²) in [5, 5.41) is 16.4. The number of rotatable bonds is 6. The van der Waals surface area contributed by atoms with Gasteiger partial charge in [-0.1, -0.05) is 65.1 Å². The van der Waals surface area contributed by atoms with Gasteiger partial charge in [-0.2, -0.15) is 5.10 Å². The van der Waals surface area contributed by atoms with Crippen LogP contribution in [0.25, 0.3) is 39.1 Å². The van der Waals surface area contributed by atoms with E-state index in [1.54, 1.807) is 35.1 Å². The van der Waals surface area contributed by atoms with Crippen LogP contribution >= 0.6 is 34.8 Å². The highest BCUT2D eigenvalue weighted by Crippen LogP contribution is 2.45. The van der Waals surface area contributed by atoms with Crippen molar-refractivity contribution >= 4 is 45.8 Å². The Morgan fingerprint density at radius 2 is 1.62 bits per heavy atom. The van der Waals surface area contributed by atoms with Crippen LogP contribution in [-0.4, -0.2) is 33.1 Å². The summed E-state index contributed by atoms with van der Waals surface area (Å²) >= 11 is 19.0. The molecule has 170 valence electrons. The molecule has 0 aliphatic carbocycles. The van der Waals surface area contributed by atoms with Gasteiger partial charge < -0.3 is 9.84 Å². The molecule has 34 heavy (non-hydrogen) atoms. The third-order valence-electron chi connectivity index (χ3n) is 5.33. The Bertz CT molecular complexity index is 1470. The van der Waals surface area contributed by atoms with Crippen molar-refractivity contribution in [1.82, 2.24) is 14.8 Å². The van der Waals surface area contributed by atoms with Gasteiger partial charge in [0.25, 0.3) is 0 Å². The molecule has 2 aromatic heterocycles. The molecule has 0 radical (unpaired) electrons. The standard InChI is InChI=1S/C26H18Cl3N3O2/c27-17-8-6-16(7-9-17)23-24(20-11-10-18(28)14-22(20)29)31-26-21(25(23)34-13-12-33)15-30-32(26)19-4-2-1-3-5-19/h1-11,14-15,33H,12-13H2. The highest BCUT2D eigenvalue weighted by molar-refractivity contribution is 6.36. The highest BCUT2D eigenvalue weighted by atomic mass is 35.5. The normalized spacial score (nSPS) is 11.2. The molecule has 5 aromatic rings. The molecule has 0 saturated heterocycles. The maximum absolute atomic E-state index is 9.53. The van der Waals surface area contributed by atoms with Crippen molar-refractivity contribution < 1.29 is 9.84 Å². The Kier molecular flexibility index (Phi) is 6.44. The fourth-order valence-corrected chi connectivity index (χ4v) is 4.45. The predicted molar refractivity (Wildman–Crippen MR) is 137 cm³/mol. The fourth-order valence-electron chi connectivity index (χ4n) is 3.83. The first-order valence-corrected chi connectivity index (χ1v) is 11.6. The molecular weight excluding hydrogens is 493 g/mol. The summed E-state index contributed by atoms with van der Waals surface area (Å²) in [5.74, 6) is 0.546. The van der Waals surface area contributed by atoms with Crippen LogP contribution in [0.15, 0.2) is 79.0 Å². The monoisotopic (exact) mass is 509 g/mol. The van der Waals surface area contributed by atoms with E-state index in [9.17, 15) is 5.11 Å². The van der Waals surface area contributed by atoms with Crippen LogP contribution in [-0.2, 0) is 0 Å². The van der Waals surface area contributed by atoms with Gasteiger partial charge in [-0.3, -0.25) is 0 Å². The van der Waals surface area contributed by atoms with E-state index in [1.165, 1.54) is 0 Å². The summed E-state index contributed by atoms with van der Waals surface area (Å²) in [6, 6.07) is 22.4. The Hall–Kier alpha value is -3.09. The number of fused-ring (bicyclic) bond motifs is 1. The summed E-state index contributed by atoms with van der Waals surface area (Å²) in [5.41, 5.74) is 4.28. The number of aliphatic hydroxyl groups is 1. The fraction of sp³-hybridized carbons (Fsp3) is 0.0769. The molecule has 0 aliphatic heterocycles. The molecule has 0 atom stereocenters. The van der Waals surface area contributed by atoms with E-state index in [0.29, 0.717) is 43.1 Å². The average Bonchev–Trinajstić information content (AvgIpc) is 3.27. The van der Waals surface area contributed by atoms with Crippen molar-refractivity contribution in [3.05, 3.63) is 94.1 Å². The number of hydrogen-bond donors (Lipinski definition) is 1. The molecule has 5 nitrogen and oxygen atoms in total. The number of aliphatic hydroxyl groups excluding tert-OH is 1. The van der Waals surface area contributed by atoms with E-state index in [0.717, 1.165) is 16.8 Å². The molecule has 0 bridgehead atoms. The quantitative estimate of drug-likeness (QED) is 0.265. The molecule has 0 amide bonds. The third-order valence-corrected chi connectivity index (χ3v) is 6.13. The predicted octanol–water partition coefficient (Wildman–Crippen LogP) is 7.09. The Labute approximate surface area is 211 Å². The van der Waals surface area contributed by atoms with Crippen LogP contribution < -0.4 is 4.74 Å². The van der Waals surface area contributed by atoms with E-state index >= 15 is 0 Å². The summed E-state index contributed by atoms with van der Waals surface area (Å²) in [6.07, 6.45) is 1.72. The van der Waals surface area contributed by atoms with Crippen LogP contribution in [0.2, 0.25) is 15.1 Å². The lowest BCUT2D eigenvalue weighted by Crippen LogP contribution is -2.06. The number of para-hydroxylation sites is 1. The van der Waals surface area contributed by atoms with E-state index < -0.39 is 0 Å². The molecule has 0 unspecified atom stereocenters. The number of nitrogens with zero attached hydrogens (tertiary/aromatic N) is 3. The highest BCUT2D eigenvalue weighted by Gasteiger charge is 2.24. The van der Waals surface area contributed by atoms with E-state index in [4.69, 9.17) is 44.5 Å². The van der Waals surface area contributed by atoms with Crippen LogP contribution in [0.5, 0.6) is 5.75 Å². The molecule has 0 aliphatic rings. The number of pyridine rings is 1. The van der Waals surface area contributed by atoms with E-state index in [2.05, 4.69) is 5.10 Å². The maximum Gasteiger partial charge on any atom is 0.167 e. The SMILES string of the molecule is OCCOc1c(-c2ccc(Cl)cc2)c(-c2ccc(Cl)cc2Cl)nc2c1cnn2-c1ccccc1.